The van der Waals surface area contributed by atoms with E-state index in [4.69, 9.17) is 4.74 Å². The van der Waals surface area contributed by atoms with Crippen LogP contribution in [0.2, 0.25) is 0 Å². The number of allylic oxidation sites excluding steroid dienone is 1. The van der Waals surface area contributed by atoms with E-state index in [9.17, 15) is 14.4 Å². The highest BCUT2D eigenvalue weighted by atomic mass is 16.5. The number of aryl methyl sites for hydroxylation is 2. The summed E-state index contributed by atoms with van der Waals surface area (Å²) in [5.74, 6) is -1.81. The predicted molar refractivity (Wildman–Crippen MR) is 133 cm³/mol. The lowest BCUT2D eigenvalue weighted by atomic mass is 9.85. The van der Waals surface area contributed by atoms with Crippen LogP contribution in [0.3, 0.4) is 0 Å². The van der Waals surface area contributed by atoms with Gasteiger partial charge in [0.05, 0.1) is 30.5 Å². The van der Waals surface area contributed by atoms with E-state index >= 15 is 0 Å². The minimum atomic E-state index is -0.732. The molecule has 0 aromatic heterocycles. The van der Waals surface area contributed by atoms with E-state index in [2.05, 4.69) is 17.0 Å². The number of carbonyl (C=O) groups excluding carboxylic acids is 3. The summed E-state index contributed by atoms with van der Waals surface area (Å²) in [6.45, 7) is 7.02. The highest BCUT2D eigenvalue weighted by Crippen LogP contribution is 2.50. The van der Waals surface area contributed by atoms with Crippen LogP contribution in [0.15, 0.2) is 48.5 Å². The maximum Gasteiger partial charge on any atom is 0.235 e. The Balaban J connectivity index is 1.46. The van der Waals surface area contributed by atoms with Gasteiger partial charge in [0, 0.05) is 23.4 Å². The SMILES string of the molecule is CC1=C[C@@H]2[C@@H]3C(=O)N(C[C@@H]4CCCO4)C(=O)[C@H]3[C@H](C(=O)c3ccc(C)cc3)N2c2ccc(C)cc21. The monoisotopic (exact) mass is 470 g/mol. The van der Waals surface area contributed by atoms with Gasteiger partial charge in [0.2, 0.25) is 11.8 Å². The molecule has 0 radical (unpaired) electrons. The van der Waals surface area contributed by atoms with Crippen molar-refractivity contribution in [1.29, 1.82) is 0 Å². The van der Waals surface area contributed by atoms with Crippen LogP contribution in [0.25, 0.3) is 5.57 Å². The number of imide groups is 1. The second-order valence-electron chi connectivity index (χ2n) is 10.4. The molecule has 2 aromatic carbocycles. The molecule has 5 atom stereocenters. The van der Waals surface area contributed by atoms with Crippen molar-refractivity contribution in [1.82, 2.24) is 4.90 Å². The summed E-state index contributed by atoms with van der Waals surface area (Å²) in [6, 6.07) is 12.6. The number of Topliss-reactive ketones (excluding diaryl/α,β-unsaturated/α-hetero) is 1. The number of likely N-dealkylation sites (tertiary alicyclic amines) is 1. The van der Waals surface area contributed by atoms with Crippen molar-refractivity contribution >= 4 is 28.9 Å². The number of nitrogens with zero attached hydrogens (tertiary/aromatic N) is 2. The van der Waals surface area contributed by atoms with Crippen LogP contribution in [-0.4, -0.2) is 53.8 Å². The number of ketones is 1. The van der Waals surface area contributed by atoms with E-state index < -0.39 is 17.9 Å². The second-order valence-corrected chi connectivity index (χ2v) is 10.4. The Morgan fingerprint density at radius 3 is 2.40 bits per heavy atom. The average Bonchev–Trinajstić information content (AvgIpc) is 3.53. The number of anilines is 1. The normalized spacial score (nSPS) is 29.2. The first-order valence-electron chi connectivity index (χ1n) is 12.5. The lowest BCUT2D eigenvalue weighted by Gasteiger charge is -2.38. The molecule has 2 aromatic rings. The third-order valence-corrected chi connectivity index (χ3v) is 8.11. The number of benzene rings is 2. The van der Waals surface area contributed by atoms with E-state index in [1.54, 1.807) is 0 Å². The van der Waals surface area contributed by atoms with Crippen molar-refractivity contribution in [3.8, 4) is 0 Å². The van der Waals surface area contributed by atoms with E-state index in [1.807, 2.05) is 57.2 Å². The molecule has 0 spiro atoms. The molecule has 6 heteroatoms. The molecule has 3 fully saturated rings. The molecule has 2 amide bonds. The third kappa shape index (κ3) is 3.38. The zero-order valence-corrected chi connectivity index (χ0v) is 20.4. The molecule has 0 bridgehead atoms. The third-order valence-electron chi connectivity index (χ3n) is 8.11. The summed E-state index contributed by atoms with van der Waals surface area (Å²) in [4.78, 5) is 45.1. The molecule has 4 aliphatic heterocycles. The Bertz CT molecular complexity index is 1260. The Morgan fingerprint density at radius 1 is 0.971 bits per heavy atom. The zero-order valence-electron chi connectivity index (χ0n) is 20.4. The van der Waals surface area contributed by atoms with Gasteiger partial charge in [-0.25, -0.2) is 0 Å². The lowest BCUT2D eigenvalue weighted by molar-refractivity contribution is -0.142. The average molecular weight is 471 g/mol. The first-order chi connectivity index (χ1) is 16.8. The van der Waals surface area contributed by atoms with Crippen molar-refractivity contribution in [3.63, 3.8) is 0 Å². The minimum absolute atomic E-state index is 0.109. The van der Waals surface area contributed by atoms with E-state index in [0.717, 1.165) is 40.8 Å². The number of hydrogen-bond donors (Lipinski definition) is 0. The Morgan fingerprint density at radius 2 is 1.69 bits per heavy atom. The summed E-state index contributed by atoms with van der Waals surface area (Å²) >= 11 is 0. The molecule has 35 heavy (non-hydrogen) atoms. The number of hydrogen-bond acceptors (Lipinski definition) is 5. The number of amides is 2. The van der Waals surface area contributed by atoms with Crippen LogP contribution in [0.5, 0.6) is 0 Å². The van der Waals surface area contributed by atoms with Gasteiger partial charge in [-0.05, 0) is 51.3 Å². The van der Waals surface area contributed by atoms with Crippen molar-refractivity contribution in [2.45, 2.75) is 51.8 Å². The van der Waals surface area contributed by atoms with Gasteiger partial charge in [0.25, 0.3) is 0 Å². The van der Waals surface area contributed by atoms with Crippen LogP contribution in [-0.2, 0) is 14.3 Å². The molecular formula is C29H30N2O4. The van der Waals surface area contributed by atoms with Gasteiger partial charge in [0.1, 0.15) is 6.04 Å². The Hall–Kier alpha value is -3.25. The van der Waals surface area contributed by atoms with Crippen LogP contribution in [0.1, 0.15) is 46.8 Å². The summed E-state index contributed by atoms with van der Waals surface area (Å²) < 4.78 is 5.73. The van der Waals surface area contributed by atoms with Gasteiger partial charge in [-0.1, -0.05) is 47.5 Å². The lowest BCUT2D eigenvalue weighted by Crippen LogP contribution is -2.50. The fraction of sp³-hybridized carbons (Fsp3) is 0.414. The van der Waals surface area contributed by atoms with Gasteiger partial charge >= 0.3 is 0 Å². The largest absolute Gasteiger partial charge is 0.376 e. The number of fused-ring (bicyclic) bond motifs is 5. The molecule has 0 saturated carbocycles. The van der Waals surface area contributed by atoms with Crippen LogP contribution >= 0.6 is 0 Å². The molecule has 6 nitrogen and oxygen atoms in total. The summed E-state index contributed by atoms with van der Waals surface area (Å²) in [7, 11) is 0. The summed E-state index contributed by atoms with van der Waals surface area (Å²) in [5.41, 5.74) is 5.81. The van der Waals surface area contributed by atoms with Gasteiger partial charge in [0.15, 0.2) is 5.78 Å². The first kappa shape index (κ1) is 22.2. The Labute approximate surface area is 205 Å². The molecule has 6 rings (SSSR count). The van der Waals surface area contributed by atoms with Gasteiger partial charge in [-0.2, -0.15) is 0 Å². The molecule has 180 valence electrons. The Kier molecular flexibility index (Phi) is 5.18. The van der Waals surface area contributed by atoms with Gasteiger partial charge in [-0.15, -0.1) is 0 Å². The molecular weight excluding hydrogens is 440 g/mol. The smallest absolute Gasteiger partial charge is 0.235 e. The number of carbonyl (C=O) groups is 3. The summed E-state index contributed by atoms with van der Waals surface area (Å²) in [5, 5.41) is 0. The first-order valence-corrected chi connectivity index (χ1v) is 12.5. The molecule has 4 heterocycles. The highest BCUT2D eigenvalue weighted by Gasteiger charge is 2.64. The van der Waals surface area contributed by atoms with Gasteiger partial charge < -0.3 is 9.64 Å². The van der Waals surface area contributed by atoms with Crippen molar-refractivity contribution < 1.29 is 19.1 Å². The van der Waals surface area contributed by atoms with Crippen molar-refractivity contribution in [2.75, 3.05) is 18.1 Å². The van der Waals surface area contributed by atoms with E-state index in [-0.39, 0.29) is 36.3 Å². The van der Waals surface area contributed by atoms with E-state index in [0.29, 0.717) is 12.2 Å². The molecule has 0 aliphatic carbocycles. The van der Waals surface area contributed by atoms with Crippen LogP contribution in [0.4, 0.5) is 5.69 Å². The second kappa shape index (κ2) is 8.16. The van der Waals surface area contributed by atoms with Crippen molar-refractivity contribution in [2.24, 2.45) is 11.8 Å². The molecule has 0 unspecified atom stereocenters. The number of ether oxygens (including phenoxy) is 1. The van der Waals surface area contributed by atoms with Crippen LogP contribution in [0, 0.1) is 25.7 Å². The maximum atomic E-state index is 14.0. The topological polar surface area (TPSA) is 66.9 Å². The maximum absolute atomic E-state index is 14.0. The van der Waals surface area contributed by atoms with E-state index in [1.165, 1.54) is 4.90 Å². The molecule has 0 N–H and O–H groups in total. The number of rotatable bonds is 4. The predicted octanol–water partition coefficient (Wildman–Crippen LogP) is 3.94. The standard InChI is InChI=1S/C29H30N2O4/c1-16-6-9-19(10-7-16)27(32)26-25-24(28(33)30(29(25)34)15-20-5-4-12-35-20)23-14-18(3)21-13-17(2)8-11-22(21)31(23)26/h6-11,13-14,20,23-26H,4-5,12,15H2,1-3H3/t20-,23+,24-,25+,26+/m0/s1. The zero-order chi connectivity index (χ0) is 24.4. The molecule has 3 saturated heterocycles. The fourth-order valence-electron chi connectivity index (χ4n) is 6.38. The van der Waals surface area contributed by atoms with Crippen LogP contribution < -0.4 is 4.90 Å². The minimum Gasteiger partial charge on any atom is -0.376 e. The fourth-order valence-corrected chi connectivity index (χ4v) is 6.38. The summed E-state index contributed by atoms with van der Waals surface area (Å²) in [6.07, 6.45) is 3.76. The quantitative estimate of drug-likeness (QED) is 0.500. The van der Waals surface area contributed by atoms with Crippen molar-refractivity contribution in [3.05, 3.63) is 70.8 Å². The van der Waals surface area contributed by atoms with Gasteiger partial charge in [-0.3, -0.25) is 19.3 Å². The molecule has 4 aliphatic rings. The highest BCUT2D eigenvalue weighted by molar-refractivity contribution is 6.14.